The molecule has 0 saturated heterocycles. The highest BCUT2D eigenvalue weighted by molar-refractivity contribution is 6.31. The predicted molar refractivity (Wildman–Crippen MR) is 86.6 cm³/mol. The van der Waals surface area contributed by atoms with Gasteiger partial charge in [-0.2, -0.15) is 0 Å². The number of aromatic nitrogens is 1. The first-order valence-electron chi connectivity index (χ1n) is 7.14. The standard InChI is InChI=1S/C16H13ClN2O5/c1-8-5-13-15(16(21)18(8)2)11(7-14(20)24-13)10-6-9(19(22)23)3-4-12(10)17/h3-6,11H,7H2,1-2H3/t11-/m0/s1. The van der Waals surface area contributed by atoms with Crippen LogP contribution in [0, 0.1) is 17.0 Å². The van der Waals surface area contributed by atoms with Gasteiger partial charge in [0.15, 0.2) is 0 Å². The molecule has 0 saturated carbocycles. The summed E-state index contributed by atoms with van der Waals surface area (Å²) in [4.78, 5) is 35.1. The molecule has 1 aromatic carbocycles. The van der Waals surface area contributed by atoms with Gasteiger partial charge < -0.3 is 9.30 Å². The molecule has 0 aliphatic carbocycles. The van der Waals surface area contributed by atoms with Crippen molar-refractivity contribution in [2.24, 2.45) is 7.05 Å². The minimum Gasteiger partial charge on any atom is -0.426 e. The lowest BCUT2D eigenvalue weighted by molar-refractivity contribution is -0.384. The molecule has 0 unspecified atom stereocenters. The summed E-state index contributed by atoms with van der Waals surface area (Å²) in [5.74, 6) is -1.02. The maximum absolute atomic E-state index is 12.6. The highest BCUT2D eigenvalue weighted by Crippen LogP contribution is 2.40. The quantitative estimate of drug-likeness (QED) is 0.472. The van der Waals surface area contributed by atoms with Crippen molar-refractivity contribution in [1.82, 2.24) is 4.57 Å². The minimum absolute atomic E-state index is 0.105. The summed E-state index contributed by atoms with van der Waals surface area (Å²) in [6.45, 7) is 1.72. The molecule has 0 radical (unpaired) electrons. The van der Waals surface area contributed by atoms with Crippen LogP contribution >= 0.6 is 11.6 Å². The Balaban J connectivity index is 2.27. The van der Waals surface area contributed by atoms with E-state index in [-0.39, 0.29) is 34.0 Å². The number of esters is 1. The molecule has 3 rings (SSSR count). The normalized spacial score (nSPS) is 16.5. The van der Waals surface area contributed by atoms with E-state index in [9.17, 15) is 19.7 Å². The maximum Gasteiger partial charge on any atom is 0.312 e. The molecule has 1 atom stereocenters. The number of nitro groups is 1. The van der Waals surface area contributed by atoms with Gasteiger partial charge in [0.2, 0.25) is 0 Å². The van der Waals surface area contributed by atoms with Crippen LogP contribution in [0.25, 0.3) is 0 Å². The number of nitrogens with zero attached hydrogens (tertiary/aromatic N) is 2. The van der Waals surface area contributed by atoms with Crippen LogP contribution in [-0.4, -0.2) is 15.5 Å². The molecule has 2 heterocycles. The fourth-order valence-electron chi connectivity index (χ4n) is 2.83. The number of ether oxygens (including phenoxy) is 1. The summed E-state index contributed by atoms with van der Waals surface area (Å²) in [5, 5.41) is 11.3. The number of fused-ring (bicyclic) bond motifs is 1. The van der Waals surface area contributed by atoms with E-state index in [1.165, 1.54) is 22.8 Å². The lowest BCUT2D eigenvalue weighted by atomic mass is 9.86. The second-order valence-corrected chi connectivity index (χ2v) is 6.03. The number of aryl methyl sites for hydroxylation is 1. The summed E-state index contributed by atoms with van der Waals surface area (Å²) < 4.78 is 6.63. The van der Waals surface area contributed by atoms with E-state index in [1.54, 1.807) is 20.0 Å². The first-order valence-corrected chi connectivity index (χ1v) is 7.52. The van der Waals surface area contributed by atoms with Crippen molar-refractivity contribution in [1.29, 1.82) is 0 Å². The topological polar surface area (TPSA) is 91.4 Å². The molecule has 0 fully saturated rings. The zero-order valence-electron chi connectivity index (χ0n) is 12.9. The van der Waals surface area contributed by atoms with Crippen molar-refractivity contribution < 1.29 is 14.5 Å². The van der Waals surface area contributed by atoms with Crippen molar-refractivity contribution in [2.45, 2.75) is 19.3 Å². The molecular weight excluding hydrogens is 336 g/mol. The van der Waals surface area contributed by atoms with Gasteiger partial charge in [-0.15, -0.1) is 0 Å². The first kappa shape index (κ1) is 16.2. The lowest BCUT2D eigenvalue weighted by Crippen LogP contribution is -2.32. The van der Waals surface area contributed by atoms with Crippen LogP contribution in [0.1, 0.15) is 29.2 Å². The van der Waals surface area contributed by atoms with Crippen LogP contribution in [0.2, 0.25) is 5.02 Å². The highest BCUT2D eigenvalue weighted by Gasteiger charge is 2.34. The molecule has 0 bridgehead atoms. The fourth-order valence-corrected chi connectivity index (χ4v) is 3.08. The van der Waals surface area contributed by atoms with Gasteiger partial charge in [-0.25, -0.2) is 0 Å². The van der Waals surface area contributed by atoms with Crippen LogP contribution in [0.5, 0.6) is 5.75 Å². The predicted octanol–water partition coefficient (Wildman–Crippen LogP) is 2.70. The van der Waals surface area contributed by atoms with E-state index >= 15 is 0 Å². The highest BCUT2D eigenvalue weighted by atomic mass is 35.5. The minimum atomic E-state index is -0.687. The molecule has 0 amide bonds. The molecular formula is C16H13ClN2O5. The number of hydrogen-bond donors (Lipinski definition) is 0. The Morgan fingerprint density at radius 3 is 2.71 bits per heavy atom. The monoisotopic (exact) mass is 348 g/mol. The SMILES string of the molecule is Cc1cc2c(c(=O)n1C)[C@H](c1cc([N+](=O)[O-])ccc1Cl)CC(=O)O2. The summed E-state index contributed by atoms with van der Waals surface area (Å²) in [6, 6.07) is 5.58. The van der Waals surface area contributed by atoms with Crippen molar-refractivity contribution in [3.05, 3.63) is 66.6 Å². The number of rotatable bonds is 2. The van der Waals surface area contributed by atoms with Gasteiger partial charge >= 0.3 is 5.97 Å². The summed E-state index contributed by atoms with van der Waals surface area (Å²) in [7, 11) is 1.61. The van der Waals surface area contributed by atoms with E-state index < -0.39 is 16.8 Å². The zero-order chi connectivity index (χ0) is 17.6. The van der Waals surface area contributed by atoms with Crippen LogP contribution in [0.3, 0.4) is 0 Å². The third-order valence-corrected chi connectivity index (χ3v) is 4.52. The molecule has 1 aromatic heterocycles. The average Bonchev–Trinajstić information content (AvgIpc) is 2.52. The third kappa shape index (κ3) is 2.56. The zero-order valence-corrected chi connectivity index (χ0v) is 13.7. The molecule has 24 heavy (non-hydrogen) atoms. The van der Waals surface area contributed by atoms with E-state index in [1.807, 2.05) is 0 Å². The third-order valence-electron chi connectivity index (χ3n) is 4.18. The van der Waals surface area contributed by atoms with Crippen molar-refractivity contribution >= 4 is 23.3 Å². The number of halogens is 1. The van der Waals surface area contributed by atoms with E-state index in [2.05, 4.69) is 0 Å². The molecule has 124 valence electrons. The Labute approximate surface area is 141 Å². The molecule has 0 N–H and O–H groups in total. The Morgan fingerprint density at radius 2 is 2.04 bits per heavy atom. The Morgan fingerprint density at radius 1 is 1.33 bits per heavy atom. The van der Waals surface area contributed by atoms with Gasteiger partial charge in [0.05, 0.1) is 16.9 Å². The Kier molecular flexibility index (Phi) is 3.88. The number of carbonyl (C=O) groups excluding carboxylic acids is 1. The van der Waals surface area contributed by atoms with Gasteiger partial charge in [-0.1, -0.05) is 11.6 Å². The summed E-state index contributed by atoms with van der Waals surface area (Å²) >= 11 is 6.19. The molecule has 2 aromatic rings. The molecule has 1 aliphatic heterocycles. The number of hydrogen-bond acceptors (Lipinski definition) is 5. The molecule has 8 heteroatoms. The van der Waals surface area contributed by atoms with Crippen LogP contribution in [-0.2, 0) is 11.8 Å². The van der Waals surface area contributed by atoms with Crippen molar-refractivity contribution in [3.8, 4) is 5.75 Å². The van der Waals surface area contributed by atoms with Gasteiger partial charge in [0, 0.05) is 41.9 Å². The van der Waals surface area contributed by atoms with Crippen molar-refractivity contribution in [3.63, 3.8) is 0 Å². The maximum atomic E-state index is 12.6. The summed E-state index contributed by atoms with van der Waals surface area (Å²) in [6.07, 6.45) is -0.105. The van der Waals surface area contributed by atoms with Gasteiger partial charge in [0.1, 0.15) is 5.75 Å². The second kappa shape index (κ2) is 5.76. The second-order valence-electron chi connectivity index (χ2n) is 5.62. The number of nitro benzene ring substituents is 1. The molecule has 1 aliphatic rings. The largest absolute Gasteiger partial charge is 0.426 e. The molecule has 0 spiro atoms. The number of non-ortho nitro benzene ring substituents is 1. The summed E-state index contributed by atoms with van der Waals surface area (Å²) in [5.41, 5.74) is 0.816. The van der Waals surface area contributed by atoms with E-state index in [4.69, 9.17) is 16.3 Å². The average molecular weight is 349 g/mol. The number of benzene rings is 1. The van der Waals surface area contributed by atoms with Gasteiger partial charge in [-0.05, 0) is 18.6 Å². The lowest BCUT2D eigenvalue weighted by Gasteiger charge is -2.25. The number of carbonyl (C=O) groups is 1. The fraction of sp³-hybridized carbons (Fsp3) is 0.250. The Hall–Kier alpha value is -2.67. The van der Waals surface area contributed by atoms with Crippen LogP contribution < -0.4 is 10.3 Å². The smallest absolute Gasteiger partial charge is 0.312 e. The van der Waals surface area contributed by atoms with Crippen molar-refractivity contribution in [2.75, 3.05) is 0 Å². The van der Waals surface area contributed by atoms with E-state index in [0.29, 0.717) is 11.3 Å². The van der Waals surface area contributed by atoms with Crippen LogP contribution in [0.4, 0.5) is 5.69 Å². The van der Waals surface area contributed by atoms with Gasteiger partial charge in [0.25, 0.3) is 11.2 Å². The number of pyridine rings is 1. The first-order chi connectivity index (χ1) is 11.3. The Bertz CT molecular complexity index is 935. The van der Waals surface area contributed by atoms with Gasteiger partial charge in [-0.3, -0.25) is 19.7 Å². The molecule has 7 nitrogen and oxygen atoms in total. The van der Waals surface area contributed by atoms with E-state index in [0.717, 1.165) is 0 Å². The van der Waals surface area contributed by atoms with Crippen LogP contribution in [0.15, 0.2) is 29.1 Å².